The predicted octanol–water partition coefficient (Wildman–Crippen LogP) is 2.92. The molecule has 0 saturated carbocycles. The maximum atomic E-state index is 12.4. The van der Waals surface area contributed by atoms with Gasteiger partial charge in [0, 0.05) is 12.2 Å². The Balaban J connectivity index is 2.47. The highest BCUT2D eigenvalue weighted by Crippen LogP contribution is 2.20. The first-order chi connectivity index (χ1) is 4.83. The highest BCUT2D eigenvalue weighted by atomic mass is 32.2. The van der Waals surface area contributed by atoms with E-state index in [1.807, 2.05) is 6.08 Å². The molecule has 0 aromatic carbocycles. The van der Waals surface area contributed by atoms with E-state index >= 15 is 0 Å². The number of thioether (sulfide) groups is 1. The Hall–Kier alpha value is -0.240. The van der Waals surface area contributed by atoms with Crippen molar-refractivity contribution in [2.45, 2.75) is 12.8 Å². The molecule has 0 saturated heterocycles. The predicted molar refractivity (Wildman–Crippen MR) is 44.9 cm³/mol. The summed E-state index contributed by atoms with van der Waals surface area (Å²) in [7, 11) is 0. The van der Waals surface area contributed by atoms with E-state index in [2.05, 4.69) is 6.26 Å². The minimum atomic E-state index is 0.0184. The van der Waals surface area contributed by atoms with Crippen LogP contribution in [0.25, 0.3) is 0 Å². The van der Waals surface area contributed by atoms with Crippen LogP contribution in [0.5, 0.6) is 0 Å². The lowest BCUT2D eigenvalue weighted by molar-refractivity contribution is 0.582. The van der Waals surface area contributed by atoms with Crippen molar-refractivity contribution in [2.75, 3.05) is 12.0 Å². The Morgan fingerprint density at radius 2 is 2.30 bits per heavy atom. The molecule has 1 aliphatic carbocycles. The molecule has 0 heterocycles. The van der Waals surface area contributed by atoms with E-state index in [9.17, 15) is 4.39 Å². The van der Waals surface area contributed by atoms with Gasteiger partial charge in [-0.15, -0.1) is 0 Å². The van der Waals surface area contributed by atoms with Gasteiger partial charge in [0.15, 0.2) is 0 Å². The monoisotopic (exact) mass is 158 g/mol. The second-order valence-corrected chi connectivity index (χ2v) is 3.24. The third-order valence-electron chi connectivity index (χ3n) is 1.51. The summed E-state index contributed by atoms with van der Waals surface area (Å²) in [4.78, 5) is 0. The zero-order valence-electron chi connectivity index (χ0n) is 6.06. The van der Waals surface area contributed by atoms with Crippen LogP contribution in [-0.2, 0) is 0 Å². The molecule has 0 N–H and O–H groups in total. The van der Waals surface area contributed by atoms with Crippen molar-refractivity contribution < 1.29 is 4.39 Å². The molecular formula is C8H11FS. The number of allylic oxidation sites excluding steroid dienone is 3. The topological polar surface area (TPSA) is 0 Å². The Kier molecular flexibility index (Phi) is 3.00. The van der Waals surface area contributed by atoms with E-state index in [1.165, 1.54) is 5.57 Å². The summed E-state index contributed by atoms with van der Waals surface area (Å²) < 4.78 is 12.4. The standard InChI is InChI=1S/C8H11FS/c1-10-6-7-2-4-8(9)5-3-7/h2,4H,3,5-6H2,1H3. The van der Waals surface area contributed by atoms with E-state index < -0.39 is 0 Å². The van der Waals surface area contributed by atoms with E-state index in [0.717, 1.165) is 12.2 Å². The lowest BCUT2D eigenvalue weighted by Gasteiger charge is -2.07. The van der Waals surface area contributed by atoms with Crippen molar-refractivity contribution in [3.8, 4) is 0 Å². The number of hydrogen-bond donors (Lipinski definition) is 0. The van der Waals surface area contributed by atoms with Gasteiger partial charge in [0.2, 0.25) is 0 Å². The molecule has 56 valence electrons. The highest BCUT2D eigenvalue weighted by molar-refractivity contribution is 7.98. The van der Waals surface area contributed by atoms with Gasteiger partial charge in [0.25, 0.3) is 0 Å². The first kappa shape index (κ1) is 7.86. The van der Waals surface area contributed by atoms with E-state index in [4.69, 9.17) is 0 Å². The smallest absolute Gasteiger partial charge is 0.100 e. The van der Waals surface area contributed by atoms with Crippen molar-refractivity contribution in [1.29, 1.82) is 0 Å². The summed E-state index contributed by atoms with van der Waals surface area (Å²) >= 11 is 1.79. The third kappa shape index (κ3) is 2.18. The molecule has 0 aromatic rings. The van der Waals surface area contributed by atoms with Crippen LogP contribution in [0.2, 0.25) is 0 Å². The lowest BCUT2D eigenvalue weighted by atomic mass is 10.1. The molecule has 0 nitrogen and oxygen atoms in total. The van der Waals surface area contributed by atoms with Gasteiger partial charge < -0.3 is 0 Å². The number of halogens is 1. The largest absolute Gasteiger partial charge is 0.212 e. The average molecular weight is 158 g/mol. The van der Waals surface area contributed by atoms with Crippen LogP contribution in [0.1, 0.15) is 12.8 Å². The molecule has 1 rings (SSSR count). The lowest BCUT2D eigenvalue weighted by Crippen LogP contribution is -1.92. The molecule has 0 bridgehead atoms. The van der Waals surface area contributed by atoms with Crippen LogP contribution >= 0.6 is 11.8 Å². The van der Waals surface area contributed by atoms with Gasteiger partial charge in [0.1, 0.15) is 5.83 Å². The maximum Gasteiger partial charge on any atom is 0.100 e. The summed E-state index contributed by atoms with van der Waals surface area (Å²) in [5.74, 6) is 1.06. The Morgan fingerprint density at radius 3 is 2.80 bits per heavy atom. The molecule has 0 aliphatic heterocycles. The normalized spacial score (nSPS) is 18.2. The molecule has 1 aliphatic rings. The molecule has 0 fully saturated rings. The quantitative estimate of drug-likeness (QED) is 0.595. The fourth-order valence-corrected chi connectivity index (χ4v) is 1.57. The van der Waals surface area contributed by atoms with Crippen molar-refractivity contribution in [1.82, 2.24) is 0 Å². The van der Waals surface area contributed by atoms with Crippen LogP contribution in [0.15, 0.2) is 23.6 Å². The minimum absolute atomic E-state index is 0.0184. The molecular weight excluding hydrogens is 147 g/mol. The molecule has 10 heavy (non-hydrogen) atoms. The Bertz CT molecular complexity index is 166. The number of hydrogen-bond acceptors (Lipinski definition) is 1. The van der Waals surface area contributed by atoms with E-state index in [0.29, 0.717) is 6.42 Å². The van der Waals surface area contributed by atoms with E-state index in [-0.39, 0.29) is 5.83 Å². The van der Waals surface area contributed by atoms with Gasteiger partial charge in [-0.3, -0.25) is 0 Å². The Morgan fingerprint density at radius 1 is 1.50 bits per heavy atom. The summed E-state index contributed by atoms with van der Waals surface area (Å²) in [6.45, 7) is 0. The minimum Gasteiger partial charge on any atom is -0.212 e. The summed E-state index contributed by atoms with van der Waals surface area (Å²) in [5.41, 5.74) is 1.36. The second kappa shape index (κ2) is 3.81. The summed E-state index contributed by atoms with van der Waals surface area (Å²) in [6, 6.07) is 0. The summed E-state index contributed by atoms with van der Waals surface area (Å²) in [5, 5.41) is 0. The molecule has 0 atom stereocenters. The van der Waals surface area contributed by atoms with Crippen LogP contribution < -0.4 is 0 Å². The average Bonchev–Trinajstić information content (AvgIpc) is 1.95. The fraction of sp³-hybridized carbons (Fsp3) is 0.500. The molecule has 0 amide bonds. The van der Waals surface area contributed by atoms with Gasteiger partial charge >= 0.3 is 0 Å². The fourth-order valence-electron chi connectivity index (χ4n) is 0.961. The third-order valence-corrected chi connectivity index (χ3v) is 2.17. The summed E-state index contributed by atoms with van der Waals surface area (Å²) in [6.07, 6.45) is 7.05. The van der Waals surface area contributed by atoms with Crippen molar-refractivity contribution >= 4 is 11.8 Å². The molecule has 0 radical (unpaired) electrons. The zero-order valence-corrected chi connectivity index (χ0v) is 6.88. The van der Waals surface area contributed by atoms with Crippen LogP contribution in [0.4, 0.5) is 4.39 Å². The SMILES string of the molecule is CSCC1=CC=C(F)CC1. The van der Waals surface area contributed by atoms with Crippen LogP contribution in [-0.4, -0.2) is 12.0 Å². The molecule has 2 heteroatoms. The van der Waals surface area contributed by atoms with Gasteiger partial charge in [-0.1, -0.05) is 11.6 Å². The van der Waals surface area contributed by atoms with Crippen molar-refractivity contribution in [3.05, 3.63) is 23.6 Å². The second-order valence-electron chi connectivity index (χ2n) is 2.37. The van der Waals surface area contributed by atoms with Gasteiger partial charge in [-0.25, -0.2) is 4.39 Å². The van der Waals surface area contributed by atoms with Crippen LogP contribution in [0.3, 0.4) is 0 Å². The molecule has 0 spiro atoms. The zero-order chi connectivity index (χ0) is 7.40. The van der Waals surface area contributed by atoms with Crippen molar-refractivity contribution in [3.63, 3.8) is 0 Å². The van der Waals surface area contributed by atoms with Gasteiger partial charge in [0.05, 0.1) is 0 Å². The Labute approximate surface area is 65.2 Å². The molecule has 0 aromatic heterocycles. The van der Waals surface area contributed by atoms with Gasteiger partial charge in [-0.05, 0) is 18.8 Å². The van der Waals surface area contributed by atoms with E-state index in [1.54, 1.807) is 17.8 Å². The molecule has 0 unspecified atom stereocenters. The maximum absolute atomic E-state index is 12.4. The first-order valence-corrected chi connectivity index (χ1v) is 4.75. The highest BCUT2D eigenvalue weighted by Gasteiger charge is 2.03. The van der Waals surface area contributed by atoms with Crippen molar-refractivity contribution in [2.24, 2.45) is 0 Å². The number of rotatable bonds is 2. The van der Waals surface area contributed by atoms with Gasteiger partial charge in [-0.2, -0.15) is 11.8 Å². The van der Waals surface area contributed by atoms with Crippen LogP contribution in [0, 0.1) is 0 Å². The first-order valence-electron chi connectivity index (χ1n) is 3.36.